The van der Waals surface area contributed by atoms with Crippen LogP contribution in [-0.4, -0.2) is 59.9 Å². The number of carbonyl (C=O) groups is 1. The van der Waals surface area contributed by atoms with Crippen molar-refractivity contribution < 1.29 is 18.3 Å². The second-order valence-corrected chi connectivity index (χ2v) is 6.13. The fraction of sp³-hybridized carbons (Fsp3) is 0.833. The smallest absolute Gasteiger partial charge is 0.322 e. The Morgan fingerprint density at radius 2 is 2.14 bits per heavy atom. The van der Waals surface area contributed by atoms with Gasteiger partial charge in [0.2, 0.25) is 0 Å². The third-order valence-electron chi connectivity index (χ3n) is 1.88. The van der Waals surface area contributed by atoms with E-state index in [1.54, 1.807) is 0 Å². The van der Waals surface area contributed by atoms with Gasteiger partial charge in [-0.3, -0.25) is 4.79 Å². The van der Waals surface area contributed by atoms with Gasteiger partial charge >= 0.3 is 5.97 Å². The zero-order chi connectivity index (χ0) is 10.9. The molecule has 0 aromatic rings. The van der Waals surface area contributed by atoms with Crippen molar-refractivity contribution in [2.45, 2.75) is 6.04 Å². The van der Waals surface area contributed by atoms with E-state index >= 15 is 0 Å². The lowest BCUT2D eigenvalue weighted by molar-refractivity contribution is -0.140. The number of hydrogen-bond acceptors (Lipinski definition) is 4. The molecule has 1 aliphatic rings. The summed E-state index contributed by atoms with van der Waals surface area (Å²) < 4.78 is 25.3. The summed E-state index contributed by atoms with van der Waals surface area (Å²) in [4.78, 5) is 10.7. The molecule has 1 atom stereocenters. The van der Waals surface area contributed by atoms with Gasteiger partial charge in [-0.25, -0.2) is 0 Å². The minimum absolute atomic E-state index is 0.206. The third-order valence-corrected chi connectivity index (χ3v) is 4.96. The Kier molecular flexibility index (Phi) is 3.40. The van der Waals surface area contributed by atoms with Gasteiger partial charge in [-0.15, -0.1) is 11.8 Å². The van der Waals surface area contributed by atoms with Gasteiger partial charge in [0, 0.05) is 19.8 Å². The Hall–Kier alpha value is -0.310. The largest absolute Gasteiger partial charge is 0.480 e. The van der Waals surface area contributed by atoms with Crippen LogP contribution in [-0.2, 0) is 15.0 Å². The van der Waals surface area contributed by atoms with Gasteiger partial charge < -0.3 is 5.11 Å². The normalized spacial score (nSPS) is 24.4. The summed E-state index contributed by atoms with van der Waals surface area (Å²) in [6.45, 7) is 0. The van der Waals surface area contributed by atoms with Crippen molar-refractivity contribution >= 4 is 27.9 Å². The number of rotatable bonds is 3. The lowest BCUT2D eigenvalue weighted by Crippen LogP contribution is -2.46. The summed E-state index contributed by atoms with van der Waals surface area (Å²) in [7, 11) is -0.834. The van der Waals surface area contributed by atoms with E-state index < -0.39 is 22.2 Å². The molecular weight excluding hydrogens is 228 g/mol. The molecule has 82 valence electrons. The number of carboxylic acid groups (broad SMARTS) is 1. The van der Waals surface area contributed by atoms with Crippen molar-refractivity contribution in [3.63, 3.8) is 0 Å². The van der Waals surface area contributed by atoms with Gasteiger partial charge in [-0.1, -0.05) is 0 Å². The van der Waals surface area contributed by atoms with E-state index in [1.807, 2.05) is 0 Å². The maximum Gasteiger partial charge on any atom is 0.322 e. The zero-order valence-electron chi connectivity index (χ0n) is 7.87. The molecule has 8 heteroatoms. The van der Waals surface area contributed by atoms with E-state index in [0.717, 1.165) is 8.61 Å². The van der Waals surface area contributed by atoms with Crippen molar-refractivity contribution in [1.29, 1.82) is 0 Å². The average Bonchev–Trinajstić information content (AvgIpc) is 2.51. The minimum atomic E-state index is -3.61. The van der Waals surface area contributed by atoms with Gasteiger partial charge in [-0.2, -0.15) is 17.0 Å². The first-order chi connectivity index (χ1) is 6.37. The summed E-state index contributed by atoms with van der Waals surface area (Å²) >= 11 is 1.30. The van der Waals surface area contributed by atoms with E-state index in [-0.39, 0.29) is 5.88 Å². The van der Waals surface area contributed by atoms with Gasteiger partial charge in [-0.05, 0) is 0 Å². The van der Waals surface area contributed by atoms with E-state index in [1.165, 1.54) is 25.9 Å². The third kappa shape index (κ3) is 2.02. The van der Waals surface area contributed by atoms with E-state index in [4.69, 9.17) is 5.11 Å². The van der Waals surface area contributed by atoms with Crippen molar-refractivity contribution in [2.24, 2.45) is 0 Å². The molecule has 1 saturated heterocycles. The van der Waals surface area contributed by atoms with Crippen LogP contribution in [0.2, 0.25) is 0 Å². The molecule has 0 bridgehead atoms. The van der Waals surface area contributed by atoms with Crippen LogP contribution in [0.5, 0.6) is 0 Å². The monoisotopic (exact) mass is 240 g/mol. The molecule has 0 amide bonds. The van der Waals surface area contributed by atoms with Gasteiger partial charge in [0.25, 0.3) is 10.2 Å². The Balaban J connectivity index is 2.93. The number of thioether (sulfide) groups is 1. The molecule has 14 heavy (non-hydrogen) atoms. The van der Waals surface area contributed by atoms with Gasteiger partial charge in [0.05, 0.1) is 5.88 Å². The van der Waals surface area contributed by atoms with E-state index in [9.17, 15) is 13.2 Å². The second kappa shape index (κ2) is 4.05. The van der Waals surface area contributed by atoms with Crippen molar-refractivity contribution in [3.05, 3.63) is 0 Å². The quantitative estimate of drug-likeness (QED) is 0.702. The summed E-state index contributed by atoms with van der Waals surface area (Å²) in [5, 5.41) is 8.79. The molecule has 0 spiro atoms. The maximum atomic E-state index is 11.6. The minimum Gasteiger partial charge on any atom is -0.480 e. The molecule has 0 aliphatic carbocycles. The molecule has 1 rings (SSSR count). The summed E-state index contributed by atoms with van der Waals surface area (Å²) in [6, 6.07) is -0.938. The molecule has 0 aromatic carbocycles. The fourth-order valence-corrected chi connectivity index (χ4v) is 3.83. The first kappa shape index (κ1) is 11.8. The predicted molar refractivity (Wildman–Crippen MR) is 53.2 cm³/mol. The highest BCUT2D eigenvalue weighted by atomic mass is 32.2. The Morgan fingerprint density at radius 3 is 2.57 bits per heavy atom. The molecule has 6 nitrogen and oxygen atoms in total. The van der Waals surface area contributed by atoms with Crippen LogP contribution in [0.3, 0.4) is 0 Å². The highest BCUT2D eigenvalue weighted by Crippen LogP contribution is 2.24. The highest BCUT2D eigenvalue weighted by Gasteiger charge is 2.40. The fourth-order valence-electron chi connectivity index (χ4n) is 1.06. The summed E-state index contributed by atoms with van der Waals surface area (Å²) in [5.41, 5.74) is 0. The molecule has 1 N–H and O–H groups in total. The van der Waals surface area contributed by atoms with Crippen LogP contribution in [0.4, 0.5) is 0 Å². The standard InChI is InChI=1S/C6H12N2O4S2/c1-7(2)14(11,12)8-4-13-3-5(8)6(9)10/h5H,3-4H2,1-2H3,(H,9,10). The Morgan fingerprint density at radius 1 is 1.57 bits per heavy atom. The van der Waals surface area contributed by atoms with Gasteiger partial charge in [0.15, 0.2) is 0 Å². The number of carboxylic acids is 1. The molecular formula is C6H12N2O4S2. The van der Waals surface area contributed by atoms with Crippen molar-refractivity contribution in [3.8, 4) is 0 Å². The zero-order valence-corrected chi connectivity index (χ0v) is 9.51. The van der Waals surface area contributed by atoms with Crippen molar-refractivity contribution in [2.75, 3.05) is 25.7 Å². The predicted octanol–water partition coefficient (Wildman–Crippen LogP) is -0.748. The van der Waals surface area contributed by atoms with Crippen LogP contribution in [0.15, 0.2) is 0 Å². The molecule has 0 aromatic heterocycles. The first-order valence-corrected chi connectivity index (χ1v) is 6.42. The molecule has 1 heterocycles. The number of hydrogen-bond donors (Lipinski definition) is 1. The molecule has 0 radical (unpaired) electrons. The van der Waals surface area contributed by atoms with Crippen LogP contribution in [0.1, 0.15) is 0 Å². The molecule has 1 fully saturated rings. The lowest BCUT2D eigenvalue weighted by Gasteiger charge is -2.23. The van der Waals surface area contributed by atoms with Crippen LogP contribution >= 0.6 is 11.8 Å². The Labute approximate surface area is 87.1 Å². The van der Waals surface area contributed by atoms with E-state index in [0.29, 0.717) is 5.75 Å². The highest BCUT2D eigenvalue weighted by molar-refractivity contribution is 8.00. The first-order valence-electron chi connectivity index (χ1n) is 3.87. The van der Waals surface area contributed by atoms with Crippen LogP contribution in [0, 0.1) is 0 Å². The second-order valence-electron chi connectivity index (χ2n) is 3.03. The van der Waals surface area contributed by atoms with Crippen molar-refractivity contribution in [1.82, 2.24) is 8.61 Å². The summed E-state index contributed by atoms with van der Waals surface area (Å²) in [6.07, 6.45) is 0. The molecule has 1 aliphatic heterocycles. The van der Waals surface area contributed by atoms with Crippen LogP contribution < -0.4 is 0 Å². The topological polar surface area (TPSA) is 77.9 Å². The Bertz CT molecular complexity index is 327. The van der Waals surface area contributed by atoms with E-state index in [2.05, 4.69) is 0 Å². The summed E-state index contributed by atoms with van der Waals surface area (Å²) in [5.74, 6) is -0.583. The van der Waals surface area contributed by atoms with Crippen LogP contribution in [0.25, 0.3) is 0 Å². The molecule has 1 unspecified atom stereocenters. The average molecular weight is 240 g/mol. The molecule has 0 saturated carbocycles. The van der Waals surface area contributed by atoms with Gasteiger partial charge in [0.1, 0.15) is 6.04 Å². The number of nitrogens with zero attached hydrogens (tertiary/aromatic N) is 2. The number of aliphatic carboxylic acids is 1. The SMILES string of the molecule is CN(C)S(=O)(=O)N1CSCC1C(=O)O. The lowest BCUT2D eigenvalue weighted by atomic mass is 10.4. The maximum absolute atomic E-state index is 11.6.